The van der Waals surface area contributed by atoms with Gasteiger partial charge in [0.15, 0.2) is 5.84 Å². The lowest BCUT2D eigenvalue weighted by Crippen LogP contribution is -2.13. The molecule has 110 valence electrons. The Morgan fingerprint density at radius 3 is 2.57 bits per heavy atom. The molecule has 0 aliphatic rings. The van der Waals surface area contributed by atoms with Crippen LogP contribution in [-0.2, 0) is 5.75 Å². The predicted molar refractivity (Wildman–Crippen MR) is 74.8 cm³/mol. The van der Waals surface area contributed by atoms with Crippen molar-refractivity contribution < 1.29 is 18.4 Å². The fraction of sp³-hybridized carbons (Fsp3) is 0.0714. The van der Waals surface area contributed by atoms with Gasteiger partial charge in [-0.15, -0.1) is 11.8 Å². The Labute approximate surface area is 123 Å². The number of benzene rings is 2. The maximum Gasteiger partial charge on any atom is 0.170 e. The first-order valence-corrected chi connectivity index (χ1v) is 6.83. The van der Waals surface area contributed by atoms with Gasteiger partial charge in [-0.25, -0.2) is 13.2 Å². The van der Waals surface area contributed by atoms with E-state index in [4.69, 9.17) is 10.9 Å². The third-order valence-corrected chi connectivity index (χ3v) is 3.75. The number of halogens is 3. The Morgan fingerprint density at radius 1 is 1.10 bits per heavy atom. The van der Waals surface area contributed by atoms with Gasteiger partial charge in [-0.2, -0.15) is 0 Å². The molecule has 3 N–H and O–H groups in total. The highest BCUT2D eigenvalue weighted by atomic mass is 32.2. The summed E-state index contributed by atoms with van der Waals surface area (Å²) < 4.78 is 40.0. The Bertz CT molecular complexity index is 692. The molecule has 0 fully saturated rings. The summed E-state index contributed by atoms with van der Waals surface area (Å²) in [4.78, 5) is 0.129. The van der Waals surface area contributed by atoms with Gasteiger partial charge < -0.3 is 10.9 Å². The molecule has 0 aliphatic carbocycles. The normalized spacial score (nSPS) is 11.7. The molecule has 0 unspecified atom stereocenters. The van der Waals surface area contributed by atoms with Crippen LogP contribution in [0.1, 0.15) is 11.1 Å². The fourth-order valence-electron chi connectivity index (χ4n) is 1.69. The number of nitrogens with zero attached hydrogens (tertiary/aromatic N) is 1. The first kappa shape index (κ1) is 15.2. The first-order chi connectivity index (χ1) is 9.99. The zero-order valence-electron chi connectivity index (χ0n) is 10.7. The van der Waals surface area contributed by atoms with Crippen LogP contribution in [0.4, 0.5) is 13.2 Å². The molecule has 0 radical (unpaired) electrons. The van der Waals surface area contributed by atoms with Crippen LogP contribution in [-0.4, -0.2) is 11.0 Å². The van der Waals surface area contributed by atoms with E-state index in [2.05, 4.69) is 5.16 Å². The molecule has 0 bridgehead atoms. The first-order valence-electron chi connectivity index (χ1n) is 5.85. The van der Waals surface area contributed by atoms with Crippen molar-refractivity contribution in [1.82, 2.24) is 0 Å². The maximum absolute atomic E-state index is 13.5. The number of nitrogens with two attached hydrogens (primary N) is 1. The lowest BCUT2D eigenvalue weighted by molar-refractivity contribution is 0.318. The number of amidine groups is 1. The molecule has 0 saturated carbocycles. The third kappa shape index (κ3) is 3.91. The van der Waals surface area contributed by atoms with Crippen LogP contribution in [0.25, 0.3) is 0 Å². The number of rotatable bonds is 4. The van der Waals surface area contributed by atoms with E-state index < -0.39 is 17.5 Å². The molecule has 0 spiro atoms. The lowest BCUT2D eigenvalue weighted by Gasteiger charge is -2.06. The largest absolute Gasteiger partial charge is 0.409 e. The molecule has 2 aromatic carbocycles. The van der Waals surface area contributed by atoms with Crippen molar-refractivity contribution in [3.63, 3.8) is 0 Å². The van der Waals surface area contributed by atoms with Crippen LogP contribution in [0.15, 0.2) is 46.4 Å². The molecule has 0 heterocycles. The summed E-state index contributed by atoms with van der Waals surface area (Å²) in [5.74, 6) is -1.67. The van der Waals surface area contributed by atoms with Gasteiger partial charge in [0, 0.05) is 16.2 Å². The van der Waals surface area contributed by atoms with Crippen LogP contribution < -0.4 is 5.73 Å². The summed E-state index contributed by atoms with van der Waals surface area (Å²) in [7, 11) is 0. The van der Waals surface area contributed by atoms with Gasteiger partial charge >= 0.3 is 0 Å². The Kier molecular flexibility index (Phi) is 4.74. The highest BCUT2D eigenvalue weighted by Crippen LogP contribution is 2.27. The van der Waals surface area contributed by atoms with E-state index in [1.54, 1.807) is 0 Å². The van der Waals surface area contributed by atoms with Crippen molar-refractivity contribution >= 4 is 17.6 Å². The summed E-state index contributed by atoms with van der Waals surface area (Å²) in [5.41, 5.74) is 6.12. The van der Waals surface area contributed by atoms with Crippen LogP contribution in [0.2, 0.25) is 0 Å². The molecule has 2 rings (SSSR count). The van der Waals surface area contributed by atoms with Gasteiger partial charge in [-0.05, 0) is 42.0 Å². The fourth-order valence-corrected chi connectivity index (χ4v) is 2.58. The van der Waals surface area contributed by atoms with Crippen molar-refractivity contribution in [2.45, 2.75) is 10.6 Å². The SMILES string of the molecule is N/C(=N/O)c1cc(F)cc(CSc2cc(F)ccc2F)c1. The molecular weight excluding hydrogens is 301 g/mol. The summed E-state index contributed by atoms with van der Waals surface area (Å²) in [5, 5.41) is 11.4. The second-order valence-corrected chi connectivity index (χ2v) is 5.21. The van der Waals surface area contributed by atoms with E-state index in [1.165, 1.54) is 12.1 Å². The van der Waals surface area contributed by atoms with Crippen molar-refractivity contribution in [2.75, 3.05) is 0 Å². The highest BCUT2D eigenvalue weighted by Gasteiger charge is 2.08. The summed E-state index contributed by atoms with van der Waals surface area (Å²) in [6.45, 7) is 0. The summed E-state index contributed by atoms with van der Waals surface area (Å²) >= 11 is 1.03. The lowest BCUT2D eigenvalue weighted by atomic mass is 10.1. The van der Waals surface area contributed by atoms with Gasteiger partial charge in [0.1, 0.15) is 17.5 Å². The summed E-state index contributed by atoms with van der Waals surface area (Å²) in [6, 6.07) is 7.01. The second kappa shape index (κ2) is 6.53. The average molecular weight is 312 g/mol. The zero-order valence-corrected chi connectivity index (χ0v) is 11.5. The number of hydrogen-bond donors (Lipinski definition) is 2. The Hall–Kier alpha value is -2.15. The van der Waals surface area contributed by atoms with Gasteiger partial charge in [-0.1, -0.05) is 5.16 Å². The van der Waals surface area contributed by atoms with E-state index in [1.807, 2.05) is 0 Å². The minimum absolute atomic E-state index is 0.129. The average Bonchev–Trinajstić information content (AvgIpc) is 2.46. The monoisotopic (exact) mass is 312 g/mol. The predicted octanol–water partition coefficient (Wildman–Crippen LogP) is 3.49. The molecule has 21 heavy (non-hydrogen) atoms. The Balaban J connectivity index is 2.20. The smallest absolute Gasteiger partial charge is 0.170 e. The standard InChI is InChI=1S/C14H11F3N2OS/c15-10-1-2-12(17)13(6-10)21-7-8-3-9(14(18)19-20)5-11(16)4-8/h1-6,20H,7H2,(H2,18,19). The van der Waals surface area contributed by atoms with Gasteiger partial charge in [0.05, 0.1) is 0 Å². The zero-order chi connectivity index (χ0) is 15.4. The van der Waals surface area contributed by atoms with Crippen molar-refractivity contribution in [1.29, 1.82) is 0 Å². The molecule has 2 aromatic rings. The van der Waals surface area contributed by atoms with Crippen LogP contribution in [0.5, 0.6) is 0 Å². The van der Waals surface area contributed by atoms with E-state index >= 15 is 0 Å². The van der Waals surface area contributed by atoms with Gasteiger partial charge in [0.2, 0.25) is 0 Å². The third-order valence-electron chi connectivity index (χ3n) is 2.65. The van der Waals surface area contributed by atoms with Crippen molar-refractivity contribution in [3.05, 3.63) is 65.0 Å². The van der Waals surface area contributed by atoms with Crippen molar-refractivity contribution in [2.24, 2.45) is 10.9 Å². The molecule has 0 amide bonds. The van der Waals surface area contributed by atoms with Crippen LogP contribution in [0, 0.1) is 17.5 Å². The molecule has 0 aromatic heterocycles. The Morgan fingerprint density at radius 2 is 1.86 bits per heavy atom. The minimum atomic E-state index is -0.561. The number of thioether (sulfide) groups is 1. The minimum Gasteiger partial charge on any atom is -0.409 e. The van der Waals surface area contributed by atoms with Crippen LogP contribution >= 0.6 is 11.8 Å². The second-order valence-electron chi connectivity index (χ2n) is 4.20. The molecule has 0 aliphatic heterocycles. The topological polar surface area (TPSA) is 58.6 Å². The molecule has 3 nitrogen and oxygen atoms in total. The summed E-state index contributed by atoms with van der Waals surface area (Å²) in [6.07, 6.45) is 0. The molecule has 0 saturated heterocycles. The van der Waals surface area contributed by atoms with E-state index in [0.29, 0.717) is 5.56 Å². The van der Waals surface area contributed by atoms with E-state index in [-0.39, 0.29) is 22.0 Å². The highest BCUT2D eigenvalue weighted by molar-refractivity contribution is 7.98. The van der Waals surface area contributed by atoms with Crippen LogP contribution in [0.3, 0.4) is 0 Å². The van der Waals surface area contributed by atoms with Gasteiger partial charge in [-0.3, -0.25) is 0 Å². The number of hydrogen-bond acceptors (Lipinski definition) is 3. The van der Waals surface area contributed by atoms with E-state index in [9.17, 15) is 13.2 Å². The molecule has 0 atom stereocenters. The van der Waals surface area contributed by atoms with Crippen molar-refractivity contribution in [3.8, 4) is 0 Å². The number of oxime groups is 1. The maximum atomic E-state index is 13.5. The molecule has 7 heteroatoms. The molecular formula is C14H11F3N2OS. The van der Waals surface area contributed by atoms with Gasteiger partial charge in [0.25, 0.3) is 0 Å². The quantitative estimate of drug-likeness (QED) is 0.299. The van der Waals surface area contributed by atoms with E-state index in [0.717, 1.165) is 36.0 Å².